The van der Waals surface area contributed by atoms with Crippen molar-refractivity contribution in [2.24, 2.45) is 0 Å². The van der Waals surface area contributed by atoms with Crippen molar-refractivity contribution in [2.75, 3.05) is 5.73 Å². The van der Waals surface area contributed by atoms with E-state index >= 15 is 0 Å². The third-order valence-electron chi connectivity index (χ3n) is 2.44. The van der Waals surface area contributed by atoms with Crippen molar-refractivity contribution in [1.82, 2.24) is 4.72 Å². The molecule has 0 fully saturated rings. The molecule has 0 heterocycles. The molecule has 1 aromatic carbocycles. The van der Waals surface area contributed by atoms with Gasteiger partial charge in [0.25, 0.3) is 0 Å². The maximum absolute atomic E-state index is 11.8. The topological polar surface area (TPSA) is 72.2 Å². The van der Waals surface area contributed by atoms with Crippen molar-refractivity contribution in [3.63, 3.8) is 0 Å². The van der Waals surface area contributed by atoms with Gasteiger partial charge in [0, 0.05) is 11.7 Å². The molecule has 1 aromatic rings. The number of rotatable bonds is 6. The van der Waals surface area contributed by atoms with Crippen LogP contribution in [0.25, 0.3) is 0 Å². The molecule has 1 unspecified atom stereocenters. The average Bonchev–Trinajstić information content (AvgIpc) is 2.20. The maximum Gasteiger partial charge on any atom is 0.216 e. The fraction of sp³-hybridized carbons (Fsp3) is 0.500. The molecule has 17 heavy (non-hydrogen) atoms. The minimum absolute atomic E-state index is 0.00132. The molecule has 0 amide bonds. The number of nitrogens with two attached hydrogens (primary N) is 1. The largest absolute Gasteiger partial charge is 0.399 e. The van der Waals surface area contributed by atoms with Crippen LogP contribution in [0.5, 0.6) is 0 Å². The first-order valence-corrected chi connectivity index (χ1v) is 7.42. The Morgan fingerprint density at radius 3 is 2.41 bits per heavy atom. The normalized spacial score (nSPS) is 13.5. The molecule has 0 aliphatic heterocycles. The first-order valence-electron chi connectivity index (χ1n) is 5.77. The first kappa shape index (κ1) is 14.0. The number of nitrogen functional groups attached to an aromatic ring is 1. The summed E-state index contributed by atoms with van der Waals surface area (Å²) in [6, 6.07) is 6.87. The highest BCUT2D eigenvalue weighted by Gasteiger charge is 2.14. The predicted octanol–water partition coefficient (Wildman–Crippen LogP) is 1.88. The highest BCUT2D eigenvalue weighted by molar-refractivity contribution is 7.88. The van der Waals surface area contributed by atoms with Gasteiger partial charge in [-0.05, 0) is 31.0 Å². The van der Waals surface area contributed by atoms with E-state index in [9.17, 15) is 8.42 Å². The lowest BCUT2D eigenvalue weighted by Gasteiger charge is -2.13. The number of hydrogen-bond acceptors (Lipinski definition) is 3. The van der Waals surface area contributed by atoms with Crippen LogP contribution in [0.15, 0.2) is 24.3 Å². The van der Waals surface area contributed by atoms with E-state index in [2.05, 4.69) is 4.72 Å². The van der Waals surface area contributed by atoms with Crippen LogP contribution in [0.4, 0.5) is 5.69 Å². The molecule has 1 rings (SSSR count). The lowest BCUT2D eigenvalue weighted by molar-refractivity contribution is 0.543. The lowest BCUT2D eigenvalue weighted by Crippen LogP contribution is -2.33. The second-order valence-corrected chi connectivity index (χ2v) is 6.06. The molecule has 0 bridgehead atoms. The molecule has 0 radical (unpaired) electrons. The first-order chi connectivity index (χ1) is 7.93. The Balaban J connectivity index is 2.63. The van der Waals surface area contributed by atoms with E-state index in [1.807, 2.05) is 13.8 Å². The minimum atomic E-state index is -3.26. The van der Waals surface area contributed by atoms with Gasteiger partial charge in [0.1, 0.15) is 0 Å². The van der Waals surface area contributed by atoms with E-state index in [1.165, 1.54) is 0 Å². The van der Waals surface area contributed by atoms with Crippen LogP contribution in [-0.2, 0) is 15.8 Å². The third-order valence-corrected chi connectivity index (χ3v) is 3.91. The fourth-order valence-electron chi connectivity index (χ4n) is 1.67. The summed E-state index contributed by atoms with van der Waals surface area (Å²) < 4.78 is 26.3. The summed E-state index contributed by atoms with van der Waals surface area (Å²) in [4.78, 5) is 0. The summed E-state index contributed by atoms with van der Waals surface area (Å²) in [6.07, 6.45) is 1.81. The zero-order valence-electron chi connectivity index (χ0n) is 10.3. The summed E-state index contributed by atoms with van der Waals surface area (Å²) in [7, 11) is -3.26. The standard InChI is InChI=1S/C12H20N2O2S/c1-3-4-10(2)14-17(15,16)9-11-5-7-12(13)8-6-11/h5-8,10,14H,3-4,9,13H2,1-2H3. The molecule has 1 atom stereocenters. The van der Waals surface area contributed by atoms with Crippen molar-refractivity contribution in [1.29, 1.82) is 0 Å². The van der Waals surface area contributed by atoms with Crippen molar-refractivity contribution in [3.05, 3.63) is 29.8 Å². The number of hydrogen-bond donors (Lipinski definition) is 2. The van der Waals surface area contributed by atoms with Gasteiger partial charge in [0.05, 0.1) is 5.75 Å². The van der Waals surface area contributed by atoms with Crippen LogP contribution in [0, 0.1) is 0 Å². The monoisotopic (exact) mass is 256 g/mol. The van der Waals surface area contributed by atoms with Crippen molar-refractivity contribution in [3.8, 4) is 0 Å². The van der Waals surface area contributed by atoms with E-state index in [1.54, 1.807) is 24.3 Å². The smallest absolute Gasteiger partial charge is 0.216 e. The molecule has 0 saturated carbocycles. The Morgan fingerprint density at radius 1 is 1.29 bits per heavy atom. The number of anilines is 1. The quantitative estimate of drug-likeness (QED) is 0.763. The van der Waals surface area contributed by atoms with Gasteiger partial charge in [-0.2, -0.15) is 0 Å². The zero-order chi connectivity index (χ0) is 12.9. The lowest BCUT2D eigenvalue weighted by atomic mass is 10.2. The minimum Gasteiger partial charge on any atom is -0.399 e. The molecule has 5 heteroatoms. The second-order valence-electron chi connectivity index (χ2n) is 4.31. The maximum atomic E-state index is 11.8. The number of nitrogens with one attached hydrogen (secondary N) is 1. The third kappa shape index (κ3) is 5.19. The van der Waals surface area contributed by atoms with Crippen LogP contribution in [0.3, 0.4) is 0 Å². The Bertz CT molecular complexity index is 440. The predicted molar refractivity (Wildman–Crippen MR) is 71.0 cm³/mol. The van der Waals surface area contributed by atoms with Gasteiger partial charge in [-0.3, -0.25) is 0 Å². The van der Waals surface area contributed by atoms with E-state index in [-0.39, 0.29) is 11.8 Å². The molecule has 96 valence electrons. The summed E-state index contributed by atoms with van der Waals surface area (Å²) in [5, 5.41) is 0. The van der Waals surface area contributed by atoms with Crippen LogP contribution in [-0.4, -0.2) is 14.5 Å². The molecule has 0 aliphatic rings. The molecular weight excluding hydrogens is 236 g/mol. The average molecular weight is 256 g/mol. The zero-order valence-corrected chi connectivity index (χ0v) is 11.1. The molecular formula is C12H20N2O2S. The Hall–Kier alpha value is -1.07. The summed E-state index contributed by atoms with van der Waals surface area (Å²) in [6.45, 7) is 3.91. The molecule has 0 aromatic heterocycles. The van der Waals surface area contributed by atoms with Gasteiger partial charge < -0.3 is 5.73 Å². The Morgan fingerprint density at radius 2 is 1.88 bits per heavy atom. The Labute approximate surface area is 103 Å². The van der Waals surface area contributed by atoms with Gasteiger partial charge in [-0.1, -0.05) is 25.5 Å². The van der Waals surface area contributed by atoms with E-state index in [0.717, 1.165) is 18.4 Å². The highest BCUT2D eigenvalue weighted by Crippen LogP contribution is 2.09. The van der Waals surface area contributed by atoms with Gasteiger partial charge >= 0.3 is 0 Å². The second kappa shape index (κ2) is 6.02. The summed E-state index contributed by atoms with van der Waals surface area (Å²) in [5.74, 6) is 0.00132. The molecule has 4 nitrogen and oxygen atoms in total. The van der Waals surface area contributed by atoms with Crippen LogP contribution < -0.4 is 10.5 Å². The number of benzene rings is 1. The van der Waals surface area contributed by atoms with Crippen LogP contribution in [0.1, 0.15) is 32.3 Å². The molecule has 0 spiro atoms. The van der Waals surface area contributed by atoms with Crippen molar-refractivity contribution >= 4 is 15.7 Å². The molecule has 3 N–H and O–H groups in total. The van der Waals surface area contributed by atoms with Crippen LogP contribution in [0.2, 0.25) is 0 Å². The Kier molecular flexibility index (Phi) is 4.96. The summed E-state index contributed by atoms with van der Waals surface area (Å²) >= 11 is 0. The van der Waals surface area contributed by atoms with Crippen LogP contribution >= 0.6 is 0 Å². The van der Waals surface area contributed by atoms with Crippen molar-refractivity contribution < 1.29 is 8.42 Å². The van der Waals surface area contributed by atoms with Crippen molar-refractivity contribution in [2.45, 2.75) is 38.5 Å². The van der Waals surface area contributed by atoms with Gasteiger partial charge in [-0.25, -0.2) is 13.1 Å². The summed E-state index contributed by atoms with van der Waals surface area (Å²) in [5.41, 5.74) is 6.93. The highest BCUT2D eigenvalue weighted by atomic mass is 32.2. The fourth-order valence-corrected chi connectivity index (χ4v) is 3.12. The SMILES string of the molecule is CCCC(C)NS(=O)(=O)Cc1ccc(N)cc1. The van der Waals surface area contributed by atoms with E-state index in [0.29, 0.717) is 5.69 Å². The van der Waals surface area contributed by atoms with Gasteiger partial charge in [0.15, 0.2) is 0 Å². The molecule has 0 saturated heterocycles. The number of sulfonamides is 1. The van der Waals surface area contributed by atoms with Gasteiger partial charge in [-0.15, -0.1) is 0 Å². The van der Waals surface area contributed by atoms with E-state index < -0.39 is 10.0 Å². The van der Waals surface area contributed by atoms with E-state index in [4.69, 9.17) is 5.73 Å². The van der Waals surface area contributed by atoms with Gasteiger partial charge in [0.2, 0.25) is 10.0 Å². The molecule has 0 aliphatic carbocycles.